The monoisotopic (exact) mass is 282 g/mol. The molecule has 5 heteroatoms. The van der Waals surface area contributed by atoms with E-state index in [0.29, 0.717) is 26.9 Å². The average molecular weight is 283 g/mol. The first kappa shape index (κ1) is 13.1. The van der Waals surface area contributed by atoms with E-state index >= 15 is 0 Å². The quantitative estimate of drug-likeness (QED) is 0.808. The second-order valence-electron chi connectivity index (χ2n) is 4.10. The van der Waals surface area contributed by atoms with Gasteiger partial charge in [-0.3, -0.25) is 9.48 Å². The largest absolute Gasteiger partial charge is 0.294 e. The van der Waals surface area contributed by atoms with Crippen LogP contribution in [-0.2, 0) is 13.5 Å². The zero-order chi connectivity index (χ0) is 13.3. The molecule has 94 valence electrons. The van der Waals surface area contributed by atoms with Gasteiger partial charge in [-0.05, 0) is 24.6 Å². The van der Waals surface area contributed by atoms with Crippen LogP contribution in [0.15, 0.2) is 24.4 Å². The Morgan fingerprint density at radius 2 is 1.94 bits per heavy atom. The van der Waals surface area contributed by atoms with E-state index < -0.39 is 0 Å². The third-order valence-corrected chi connectivity index (χ3v) is 3.42. The van der Waals surface area contributed by atoms with Crippen LogP contribution in [0.25, 0.3) is 0 Å². The van der Waals surface area contributed by atoms with Gasteiger partial charge < -0.3 is 0 Å². The van der Waals surface area contributed by atoms with Gasteiger partial charge in [-0.2, -0.15) is 5.10 Å². The number of aryl methyl sites for hydroxylation is 2. The first-order valence-electron chi connectivity index (χ1n) is 5.45. The summed E-state index contributed by atoms with van der Waals surface area (Å²) in [5, 5.41) is 5.17. The number of carbonyl (C=O) groups is 1. The predicted octanol–water partition coefficient (Wildman–Crippen LogP) is 3.46. The van der Waals surface area contributed by atoms with E-state index in [1.165, 1.54) is 0 Å². The minimum absolute atomic E-state index is 0.0319. The summed E-state index contributed by atoms with van der Waals surface area (Å²) in [5.41, 5.74) is 1.98. The molecule has 0 fully saturated rings. The van der Waals surface area contributed by atoms with E-state index in [-0.39, 0.29) is 12.2 Å². The molecule has 0 atom stereocenters. The van der Waals surface area contributed by atoms with Crippen molar-refractivity contribution in [1.29, 1.82) is 0 Å². The second-order valence-corrected chi connectivity index (χ2v) is 4.92. The van der Waals surface area contributed by atoms with Gasteiger partial charge in [0.15, 0.2) is 5.78 Å². The molecule has 2 aromatic rings. The van der Waals surface area contributed by atoms with E-state index in [4.69, 9.17) is 23.2 Å². The fourth-order valence-electron chi connectivity index (χ4n) is 1.83. The van der Waals surface area contributed by atoms with Gasteiger partial charge >= 0.3 is 0 Å². The van der Waals surface area contributed by atoms with Crippen LogP contribution in [0.2, 0.25) is 10.0 Å². The molecule has 0 radical (unpaired) electrons. The second kappa shape index (κ2) is 5.12. The van der Waals surface area contributed by atoms with Crippen molar-refractivity contribution in [2.45, 2.75) is 13.3 Å². The van der Waals surface area contributed by atoms with Crippen LogP contribution < -0.4 is 0 Å². The molecule has 0 amide bonds. The predicted molar refractivity (Wildman–Crippen MR) is 72.4 cm³/mol. The molecule has 0 unspecified atom stereocenters. The van der Waals surface area contributed by atoms with Crippen LogP contribution in [0.4, 0.5) is 0 Å². The van der Waals surface area contributed by atoms with Gasteiger partial charge in [0.2, 0.25) is 0 Å². The van der Waals surface area contributed by atoms with Crippen LogP contribution in [0.1, 0.15) is 21.6 Å². The molecule has 0 aliphatic rings. The third-order valence-electron chi connectivity index (χ3n) is 2.71. The van der Waals surface area contributed by atoms with E-state index in [0.717, 1.165) is 0 Å². The normalized spacial score (nSPS) is 10.7. The summed E-state index contributed by atoms with van der Waals surface area (Å²) < 4.78 is 1.62. The first-order chi connectivity index (χ1) is 8.49. The lowest BCUT2D eigenvalue weighted by molar-refractivity contribution is 0.0992. The molecule has 1 aromatic carbocycles. The first-order valence-corrected chi connectivity index (χ1v) is 6.21. The standard InChI is InChI=1S/C13H12Cl2N2O/c1-8-10(7-17(2)16-8)13(18)6-9-11(14)4-3-5-12(9)15/h3-5,7H,6H2,1-2H3. The lowest BCUT2D eigenvalue weighted by Gasteiger charge is -2.05. The topological polar surface area (TPSA) is 34.9 Å². The molecule has 0 aliphatic heterocycles. The van der Waals surface area contributed by atoms with Crippen LogP contribution in [0.5, 0.6) is 0 Å². The third kappa shape index (κ3) is 2.57. The minimum atomic E-state index is -0.0319. The maximum Gasteiger partial charge on any atom is 0.170 e. The molecule has 18 heavy (non-hydrogen) atoms. The number of rotatable bonds is 3. The van der Waals surface area contributed by atoms with Crippen molar-refractivity contribution < 1.29 is 4.79 Å². The number of halogens is 2. The molecule has 2 rings (SSSR count). The van der Waals surface area contributed by atoms with Crippen molar-refractivity contribution in [3.05, 3.63) is 51.3 Å². The van der Waals surface area contributed by atoms with Gasteiger partial charge in [-0.15, -0.1) is 0 Å². The smallest absolute Gasteiger partial charge is 0.170 e. The molecule has 1 heterocycles. The number of ketones is 1. The van der Waals surface area contributed by atoms with Crippen LogP contribution in [-0.4, -0.2) is 15.6 Å². The van der Waals surface area contributed by atoms with Crippen LogP contribution >= 0.6 is 23.2 Å². The van der Waals surface area contributed by atoms with Crippen molar-refractivity contribution in [2.75, 3.05) is 0 Å². The van der Waals surface area contributed by atoms with Crippen LogP contribution in [0, 0.1) is 6.92 Å². The maximum atomic E-state index is 12.2. The highest BCUT2D eigenvalue weighted by Crippen LogP contribution is 2.26. The van der Waals surface area contributed by atoms with Gasteiger partial charge in [0.05, 0.1) is 11.3 Å². The van der Waals surface area contributed by atoms with Gasteiger partial charge in [-0.1, -0.05) is 29.3 Å². The molecular weight excluding hydrogens is 271 g/mol. The number of hydrogen-bond acceptors (Lipinski definition) is 2. The Morgan fingerprint density at radius 1 is 1.33 bits per heavy atom. The van der Waals surface area contributed by atoms with E-state index in [1.807, 2.05) is 0 Å². The van der Waals surface area contributed by atoms with Crippen molar-refractivity contribution in [3.63, 3.8) is 0 Å². The van der Waals surface area contributed by atoms with E-state index in [1.54, 1.807) is 43.0 Å². The summed E-state index contributed by atoms with van der Waals surface area (Å²) in [6.07, 6.45) is 1.90. The van der Waals surface area contributed by atoms with Crippen molar-refractivity contribution in [1.82, 2.24) is 9.78 Å². The molecule has 0 aliphatic carbocycles. The Morgan fingerprint density at radius 3 is 2.44 bits per heavy atom. The fourth-order valence-corrected chi connectivity index (χ4v) is 2.36. The highest BCUT2D eigenvalue weighted by Gasteiger charge is 2.16. The van der Waals surface area contributed by atoms with Gasteiger partial charge in [0, 0.05) is 29.7 Å². The zero-order valence-corrected chi connectivity index (χ0v) is 11.6. The summed E-state index contributed by atoms with van der Waals surface area (Å²) in [6.45, 7) is 1.81. The van der Waals surface area contributed by atoms with E-state index in [9.17, 15) is 4.79 Å². The number of benzene rings is 1. The Bertz CT molecular complexity index is 585. The summed E-state index contributed by atoms with van der Waals surface area (Å²) in [7, 11) is 1.78. The molecule has 1 aromatic heterocycles. The number of Topliss-reactive ketones (excluding diaryl/α,β-unsaturated/α-hetero) is 1. The molecule has 0 bridgehead atoms. The molecule has 0 saturated carbocycles. The van der Waals surface area contributed by atoms with Crippen molar-refractivity contribution >= 4 is 29.0 Å². The lowest BCUT2D eigenvalue weighted by Crippen LogP contribution is -2.05. The Kier molecular flexibility index (Phi) is 3.73. The highest BCUT2D eigenvalue weighted by molar-refractivity contribution is 6.36. The van der Waals surface area contributed by atoms with E-state index in [2.05, 4.69) is 5.10 Å². The average Bonchev–Trinajstić information content (AvgIpc) is 2.63. The molecule has 0 N–H and O–H groups in total. The SMILES string of the molecule is Cc1nn(C)cc1C(=O)Cc1c(Cl)cccc1Cl. The van der Waals surface area contributed by atoms with Gasteiger partial charge in [0.1, 0.15) is 0 Å². The van der Waals surface area contributed by atoms with Crippen molar-refractivity contribution in [2.24, 2.45) is 7.05 Å². The number of carbonyl (C=O) groups excluding carboxylic acids is 1. The number of nitrogens with zero attached hydrogens (tertiary/aromatic N) is 2. The summed E-state index contributed by atoms with van der Waals surface area (Å²) in [6, 6.07) is 5.21. The molecule has 3 nitrogen and oxygen atoms in total. The summed E-state index contributed by atoms with van der Waals surface area (Å²) in [4.78, 5) is 12.2. The lowest BCUT2D eigenvalue weighted by atomic mass is 10.0. The highest BCUT2D eigenvalue weighted by atomic mass is 35.5. The minimum Gasteiger partial charge on any atom is -0.294 e. The molecule has 0 spiro atoms. The Balaban J connectivity index is 2.30. The molecule has 0 saturated heterocycles. The Labute approximate surface area is 115 Å². The molecular formula is C13H12Cl2N2O. The number of aromatic nitrogens is 2. The fraction of sp³-hybridized carbons (Fsp3) is 0.231. The van der Waals surface area contributed by atoms with Crippen molar-refractivity contribution in [3.8, 4) is 0 Å². The summed E-state index contributed by atoms with van der Waals surface area (Å²) >= 11 is 12.1. The number of hydrogen-bond donors (Lipinski definition) is 0. The summed E-state index contributed by atoms with van der Waals surface area (Å²) in [5.74, 6) is -0.0319. The maximum absolute atomic E-state index is 12.2. The zero-order valence-electron chi connectivity index (χ0n) is 10.1. The van der Waals surface area contributed by atoms with Gasteiger partial charge in [0.25, 0.3) is 0 Å². The van der Waals surface area contributed by atoms with Crippen LogP contribution in [0.3, 0.4) is 0 Å². The van der Waals surface area contributed by atoms with Gasteiger partial charge in [-0.25, -0.2) is 0 Å². The Hall–Kier alpha value is -1.32.